The fourth-order valence-corrected chi connectivity index (χ4v) is 7.86. The van der Waals surface area contributed by atoms with Gasteiger partial charge in [-0.2, -0.15) is 0 Å². The predicted octanol–water partition coefficient (Wildman–Crippen LogP) is 8.61. The van der Waals surface area contributed by atoms with Crippen molar-refractivity contribution >= 4 is 51.8 Å². The zero-order chi connectivity index (χ0) is 28.1. The van der Waals surface area contributed by atoms with E-state index in [4.69, 9.17) is 4.98 Å². The van der Waals surface area contributed by atoms with Crippen LogP contribution in [0.25, 0.3) is 33.3 Å². The van der Waals surface area contributed by atoms with Crippen molar-refractivity contribution in [2.24, 2.45) is 0 Å². The van der Waals surface area contributed by atoms with Gasteiger partial charge in [0.1, 0.15) is 0 Å². The zero-order valence-corrected chi connectivity index (χ0v) is 25.6. The molecule has 5 aromatic carbocycles. The first-order valence-corrected chi connectivity index (χ1v) is 15.9. The average molecular weight is 596 g/mol. The summed E-state index contributed by atoms with van der Waals surface area (Å²) in [6, 6.07) is 44.4. The molecule has 1 aliphatic rings. The second-order valence-corrected chi connectivity index (χ2v) is 14.1. The number of anilines is 3. The van der Waals surface area contributed by atoms with Gasteiger partial charge in [-0.3, -0.25) is 0 Å². The van der Waals surface area contributed by atoms with E-state index in [-0.39, 0.29) is 20.4 Å². The number of aromatic nitrogens is 1. The molecule has 6 aromatic rings. The SMILES string of the molecule is Cc1ccc(-c2cc(-c3ccc(C(C)(C)C)cc3)c3cccc(N4c5ccccc5[Se]c5ccccc54)c3n2)cc1. The summed E-state index contributed by atoms with van der Waals surface area (Å²) in [6.45, 7) is 8.92. The first-order valence-electron chi connectivity index (χ1n) is 14.1. The zero-order valence-electron chi connectivity index (χ0n) is 23.8. The molecule has 7 rings (SSSR count). The van der Waals surface area contributed by atoms with Gasteiger partial charge in [-0.1, -0.05) is 20.8 Å². The summed E-state index contributed by atoms with van der Waals surface area (Å²) in [5.41, 5.74) is 11.8. The Bertz CT molecular complexity index is 1850. The van der Waals surface area contributed by atoms with Crippen LogP contribution < -0.4 is 13.8 Å². The molecule has 1 aromatic heterocycles. The normalized spacial score (nSPS) is 12.7. The van der Waals surface area contributed by atoms with Gasteiger partial charge in [0, 0.05) is 0 Å². The van der Waals surface area contributed by atoms with Crippen LogP contribution in [0, 0.1) is 6.92 Å². The molecule has 2 nitrogen and oxygen atoms in total. The molecule has 0 fully saturated rings. The summed E-state index contributed by atoms with van der Waals surface area (Å²) < 4.78 is 2.78. The number of benzene rings is 5. The Labute approximate surface area is 248 Å². The van der Waals surface area contributed by atoms with Gasteiger partial charge in [0.25, 0.3) is 0 Å². The minimum atomic E-state index is 0.107. The summed E-state index contributed by atoms with van der Waals surface area (Å²) in [5.74, 6) is 0. The van der Waals surface area contributed by atoms with Crippen LogP contribution in [0.2, 0.25) is 0 Å². The Balaban J connectivity index is 1.51. The molecule has 41 heavy (non-hydrogen) atoms. The van der Waals surface area contributed by atoms with Crippen LogP contribution in [0.1, 0.15) is 31.9 Å². The van der Waals surface area contributed by atoms with E-state index < -0.39 is 0 Å². The van der Waals surface area contributed by atoms with Crippen molar-refractivity contribution < 1.29 is 0 Å². The number of fused-ring (bicyclic) bond motifs is 3. The van der Waals surface area contributed by atoms with Gasteiger partial charge in [-0.25, -0.2) is 0 Å². The number of nitrogens with zero attached hydrogens (tertiary/aromatic N) is 2. The third-order valence-corrected chi connectivity index (χ3v) is 10.3. The van der Waals surface area contributed by atoms with E-state index in [0.29, 0.717) is 0 Å². The van der Waals surface area contributed by atoms with Gasteiger partial charge in [0.15, 0.2) is 0 Å². The van der Waals surface area contributed by atoms with Crippen LogP contribution in [0.3, 0.4) is 0 Å². The molecule has 2 heterocycles. The fraction of sp³-hybridized carbons (Fsp3) is 0.132. The van der Waals surface area contributed by atoms with Crippen molar-refractivity contribution in [3.63, 3.8) is 0 Å². The first kappa shape index (κ1) is 25.8. The van der Waals surface area contributed by atoms with Crippen molar-refractivity contribution in [3.8, 4) is 22.4 Å². The van der Waals surface area contributed by atoms with E-state index >= 15 is 0 Å². The molecular formula is C38H32N2Se. The van der Waals surface area contributed by atoms with Crippen molar-refractivity contribution in [1.29, 1.82) is 0 Å². The standard InChI is InChI=1S/C38H32N2Se/c1-25-16-18-27(19-17-25)31-24-30(26-20-22-28(23-21-26)38(2,3)4)29-10-9-13-34(37(29)39-31)40-32-11-5-7-14-35(32)41-36-15-8-6-12-33(36)40/h5-24H,1-4H3. The predicted molar refractivity (Wildman–Crippen MR) is 176 cm³/mol. The number of pyridine rings is 1. The third-order valence-electron chi connectivity index (χ3n) is 7.90. The Hall–Kier alpha value is -4.17. The van der Waals surface area contributed by atoms with E-state index in [0.717, 1.165) is 27.8 Å². The number of para-hydroxylation sites is 3. The molecule has 3 heteroatoms. The molecule has 0 saturated heterocycles. The Morgan fingerprint density at radius 1 is 0.610 bits per heavy atom. The number of hydrogen-bond donors (Lipinski definition) is 0. The molecule has 0 spiro atoms. The van der Waals surface area contributed by atoms with Crippen LogP contribution in [-0.4, -0.2) is 19.9 Å². The van der Waals surface area contributed by atoms with E-state index in [1.54, 1.807) is 0 Å². The van der Waals surface area contributed by atoms with Crippen molar-refractivity contribution in [1.82, 2.24) is 4.98 Å². The monoisotopic (exact) mass is 596 g/mol. The van der Waals surface area contributed by atoms with Crippen molar-refractivity contribution in [3.05, 3.63) is 132 Å². The van der Waals surface area contributed by atoms with Crippen LogP contribution in [0.5, 0.6) is 0 Å². The first-order chi connectivity index (χ1) is 19.9. The van der Waals surface area contributed by atoms with E-state index in [1.165, 1.54) is 42.6 Å². The van der Waals surface area contributed by atoms with E-state index in [9.17, 15) is 0 Å². The summed E-state index contributed by atoms with van der Waals surface area (Å²) in [4.78, 5) is 7.83. The molecule has 200 valence electrons. The molecule has 0 radical (unpaired) electrons. The summed E-state index contributed by atoms with van der Waals surface area (Å²) in [7, 11) is 0. The average Bonchev–Trinajstić information content (AvgIpc) is 2.99. The maximum absolute atomic E-state index is 5.40. The topological polar surface area (TPSA) is 16.1 Å². The van der Waals surface area contributed by atoms with Gasteiger partial charge >= 0.3 is 229 Å². The molecular weight excluding hydrogens is 563 g/mol. The van der Waals surface area contributed by atoms with Gasteiger partial charge < -0.3 is 0 Å². The number of rotatable bonds is 3. The number of aryl methyl sites for hydroxylation is 1. The molecule has 0 N–H and O–H groups in total. The molecule has 0 aliphatic carbocycles. The summed E-state index contributed by atoms with van der Waals surface area (Å²) >= 11 is 0.259. The Kier molecular flexibility index (Phi) is 6.31. The Morgan fingerprint density at radius 2 is 1.20 bits per heavy atom. The second-order valence-electron chi connectivity index (χ2n) is 11.8. The van der Waals surface area contributed by atoms with Gasteiger partial charge in [-0.15, -0.1) is 0 Å². The second kappa shape index (κ2) is 10.0. The third kappa shape index (κ3) is 4.66. The van der Waals surface area contributed by atoms with Crippen LogP contribution in [-0.2, 0) is 5.41 Å². The van der Waals surface area contributed by atoms with Gasteiger partial charge in [0.05, 0.1) is 0 Å². The Morgan fingerprint density at radius 3 is 1.83 bits per heavy atom. The van der Waals surface area contributed by atoms with Crippen LogP contribution in [0.4, 0.5) is 17.1 Å². The minimum absolute atomic E-state index is 0.107. The quantitative estimate of drug-likeness (QED) is 0.190. The summed E-state index contributed by atoms with van der Waals surface area (Å²) in [5, 5.41) is 1.16. The van der Waals surface area contributed by atoms with E-state index in [1.807, 2.05) is 0 Å². The molecule has 0 atom stereocenters. The molecule has 1 aliphatic heterocycles. The van der Waals surface area contributed by atoms with Crippen molar-refractivity contribution in [2.45, 2.75) is 33.1 Å². The number of hydrogen-bond acceptors (Lipinski definition) is 2. The van der Waals surface area contributed by atoms with Crippen molar-refractivity contribution in [2.75, 3.05) is 4.90 Å². The molecule has 0 amide bonds. The van der Waals surface area contributed by atoms with Gasteiger partial charge in [0.2, 0.25) is 0 Å². The summed E-state index contributed by atoms with van der Waals surface area (Å²) in [6.07, 6.45) is 0. The van der Waals surface area contributed by atoms with Crippen LogP contribution >= 0.6 is 0 Å². The van der Waals surface area contributed by atoms with Gasteiger partial charge in [-0.05, 0) is 0 Å². The molecule has 0 unspecified atom stereocenters. The van der Waals surface area contributed by atoms with Crippen LogP contribution in [0.15, 0.2) is 121 Å². The van der Waals surface area contributed by atoms with E-state index in [2.05, 4.69) is 154 Å². The fourth-order valence-electron chi connectivity index (χ4n) is 5.64. The molecule has 0 bridgehead atoms. The maximum atomic E-state index is 5.40. The molecule has 0 saturated carbocycles.